The van der Waals surface area contributed by atoms with Gasteiger partial charge in [0.25, 0.3) is 0 Å². The number of aryl methyl sites for hydroxylation is 1. The zero-order chi connectivity index (χ0) is 21.1. The zero-order valence-electron chi connectivity index (χ0n) is 18.0. The molecule has 0 amide bonds. The van der Waals surface area contributed by atoms with Gasteiger partial charge in [0.05, 0.1) is 13.2 Å². The average molecular weight is 412 g/mol. The Morgan fingerprint density at radius 2 is 1.80 bits per heavy atom. The number of ether oxygens (including phenoxy) is 3. The Labute approximate surface area is 178 Å². The van der Waals surface area contributed by atoms with Gasteiger partial charge in [-0.2, -0.15) is 0 Å². The van der Waals surface area contributed by atoms with Crippen molar-refractivity contribution in [2.45, 2.75) is 44.4 Å². The summed E-state index contributed by atoms with van der Waals surface area (Å²) in [5, 5.41) is 0. The highest BCUT2D eigenvalue weighted by Crippen LogP contribution is 2.37. The average Bonchev–Trinajstić information content (AvgIpc) is 2.79. The second kappa shape index (κ2) is 9.19. The Hall–Kier alpha value is -2.37. The standard InChI is InChI=1S/C25H30FNO3/c1-28-19-11-13-20-17(15-19)7-6-8-21(20)22-12-10-18(16-23(22)26)27-14-5-4-9-24(27)25(29-2)30-3/h8,10-13,15-16,24-25H,4-7,9,14H2,1-3H3. The fraction of sp³-hybridized carbons (Fsp3) is 0.440. The van der Waals surface area contributed by atoms with Gasteiger partial charge in [-0.25, -0.2) is 4.39 Å². The van der Waals surface area contributed by atoms with Gasteiger partial charge in [-0.15, -0.1) is 0 Å². The molecule has 0 aromatic heterocycles. The second-order valence-corrected chi connectivity index (χ2v) is 7.94. The maximum absolute atomic E-state index is 15.4. The number of rotatable bonds is 6. The van der Waals surface area contributed by atoms with Gasteiger partial charge in [0, 0.05) is 32.0 Å². The van der Waals surface area contributed by atoms with Crippen molar-refractivity contribution >= 4 is 11.3 Å². The van der Waals surface area contributed by atoms with Crippen molar-refractivity contribution in [2.75, 3.05) is 32.8 Å². The third kappa shape index (κ3) is 3.96. The fourth-order valence-electron chi connectivity index (χ4n) is 4.78. The van der Waals surface area contributed by atoms with E-state index in [-0.39, 0.29) is 18.1 Å². The summed E-state index contributed by atoms with van der Waals surface area (Å²) in [4.78, 5) is 2.22. The minimum absolute atomic E-state index is 0.0843. The van der Waals surface area contributed by atoms with E-state index in [0.29, 0.717) is 5.56 Å². The van der Waals surface area contributed by atoms with Crippen LogP contribution < -0.4 is 9.64 Å². The molecule has 4 nitrogen and oxygen atoms in total. The molecule has 1 aliphatic carbocycles. The third-order valence-electron chi connectivity index (χ3n) is 6.27. The van der Waals surface area contributed by atoms with Crippen molar-refractivity contribution in [3.63, 3.8) is 0 Å². The summed E-state index contributed by atoms with van der Waals surface area (Å²) in [6, 6.07) is 11.7. The summed E-state index contributed by atoms with van der Waals surface area (Å²) >= 11 is 0. The van der Waals surface area contributed by atoms with Crippen LogP contribution in [-0.2, 0) is 15.9 Å². The van der Waals surface area contributed by atoms with Gasteiger partial charge >= 0.3 is 0 Å². The van der Waals surface area contributed by atoms with E-state index in [9.17, 15) is 0 Å². The van der Waals surface area contributed by atoms with E-state index < -0.39 is 0 Å². The van der Waals surface area contributed by atoms with Crippen LogP contribution in [0.2, 0.25) is 0 Å². The molecule has 1 atom stereocenters. The van der Waals surface area contributed by atoms with E-state index in [2.05, 4.69) is 17.0 Å². The number of hydrogen-bond donors (Lipinski definition) is 0. The quantitative estimate of drug-likeness (QED) is 0.612. The molecule has 0 spiro atoms. The lowest BCUT2D eigenvalue weighted by Crippen LogP contribution is -2.48. The molecule has 1 saturated heterocycles. The molecule has 160 valence electrons. The van der Waals surface area contributed by atoms with Crippen molar-refractivity contribution in [3.05, 3.63) is 65.0 Å². The summed E-state index contributed by atoms with van der Waals surface area (Å²) in [6.45, 7) is 0.873. The number of fused-ring (bicyclic) bond motifs is 1. The SMILES string of the molecule is COc1ccc2c(c1)CCC=C2c1ccc(N2CCCCC2C(OC)OC)cc1F. The summed E-state index contributed by atoms with van der Waals surface area (Å²) in [7, 11) is 4.99. The predicted molar refractivity (Wildman–Crippen MR) is 118 cm³/mol. The van der Waals surface area contributed by atoms with E-state index in [1.807, 2.05) is 24.3 Å². The highest BCUT2D eigenvalue weighted by atomic mass is 19.1. The van der Waals surface area contributed by atoms with Crippen molar-refractivity contribution < 1.29 is 18.6 Å². The molecule has 0 N–H and O–H groups in total. The highest BCUT2D eigenvalue weighted by molar-refractivity contribution is 5.83. The van der Waals surface area contributed by atoms with Crippen LogP contribution in [0.1, 0.15) is 42.4 Å². The summed E-state index contributed by atoms with van der Waals surface area (Å²) in [5.41, 5.74) is 4.78. The molecular weight excluding hydrogens is 381 g/mol. The first-order valence-corrected chi connectivity index (χ1v) is 10.7. The Bertz CT molecular complexity index is 923. The van der Waals surface area contributed by atoms with Crippen LogP contribution in [0, 0.1) is 5.82 Å². The lowest BCUT2D eigenvalue weighted by molar-refractivity contribution is -0.120. The number of benzene rings is 2. The highest BCUT2D eigenvalue weighted by Gasteiger charge is 2.31. The van der Waals surface area contributed by atoms with Crippen LogP contribution in [0.4, 0.5) is 10.1 Å². The molecule has 30 heavy (non-hydrogen) atoms. The lowest BCUT2D eigenvalue weighted by atomic mass is 9.86. The topological polar surface area (TPSA) is 30.9 Å². The van der Waals surface area contributed by atoms with Crippen molar-refractivity contribution in [1.29, 1.82) is 0 Å². The van der Waals surface area contributed by atoms with Crippen molar-refractivity contribution in [1.82, 2.24) is 0 Å². The fourth-order valence-corrected chi connectivity index (χ4v) is 4.78. The Balaban J connectivity index is 1.65. The Morgan fingerprint density at radius 3 is 2.53 bits per heavy atom. The van der Waals surface area contributed by atoms with Crippen LogP contribution in [0.5, 0.6) is 5.75 Å². The van der Waals surface area contributed by atoms with E-state index in [0.717, 1.165) is 61.2 Å². The molecule has 2 aliphatic rings. The maximum Gasteiger partial charge on any atom is 0.177 e. The van der Waals surface area contributed by atoms with Crippen LogP contribution in [0.25, 0.3) is 5.57 Å². The zero-order valence-corrected chi connectivity index (χ0v) is 18.0. The van der Waals surface area contributed by atoms with Gasteiger partial charge in [-0.1, -0.05) is 12.1 Å². The smallest absolute Gasteiger partial charge is 0.177 e. The van der Waals surface area contributed by atoms with Crippen molar-refractivity contribution in [3.8, 4) is 5.75 Å². The van der Waals surface area contributed by atoms with Gasteiger partial charge in [-0.05, 0) is 79.1 Å². The summed E-state index contributed by atoms with van der Waals surface area (Å²) < 4.78 is 31.8. The maximum atomic E-state index is 15.4. The van der Waals surface area contributed by atoms with Crippen molar-refractivity contribution in [2.24, 2.45) is 0 Å². The van der Waals surface area contributed by atoms with Gasteiger partial charge in [-0.3, -0.25) is 0 Å². The monoisotopic (exact) mass is 411 g/mol. The first-order valence-electron chi connectivity index (χ1n) is 10.7. The van der Waals surface area contributed by atoms with Crippen LogP contribution in [-0.4, -0.2) is 40.2 Å². The van der Waals surface area contributed by atoms with E-state index >= 15 is 4.39 Å². The molecule has 2 aromatic carbocycles. The summed E-state index contributed by atoms with van der Waals surface area (Å²) in [6.07, 6.45) is 6.84. The molecule has 5 heteroatoms. The van der Waals surface area contributed by atoms with Crippen LogP contribution >= 0.6 is 0 Å². The minimum atomic E-state index is -0.323. The number of nitrogens with zero attached hydrogens (tertiary/aromatic N) is 1. The molecule has 1 unspecified atom stereocenters. The number of halogens is 1. The van der Waals surface area contributed by atoms with Gasteiger partial charge in [0.15, 0.2) is 6.29 Å². The first-order chi connectivity index (χ1) is 14.7. The van der Waals surface area contributed by atoms with E-state index in [1.54, 1.807) is 27.4 Å². The third-order valence-corrected chi connectivity index (χ3v) is 6.27. The number of piperidine rings is 1. The molecule has 0 bridgehead atoms. The first kappa shape index (κ1) is 20.9. The summed E-state index contributed by atoms with van der Waals surface area (Å²) in [5.74, 6) is 0.644. The van der Waals surface area contributed by atoms with Gasteiger partial charge in [0.2, 0.25) is 0 Å². The second-order valence-electron chi connectivity index (χ2n) is 7.94. The largest absolute Gasteiger partial charge is 0.497 e. The molecule has 1 heterocycles. The van der Waals surface area contributed by atoms with Gasteiger partial charge in [0.1, 0.15) is 11.6 Å². The van der Waals surface area contributed by atoms with Crippen LogP contribution in [0.15, 0.2) is 42.5 Å². The van der Waals surface area contributed by atoms with Gasteiger partial charge < -0.3 is 19.1 Å². The Morgan fingerprint density at radius 1 is 1.00 bits per heavy atom. The minimum Gasteiger partial charge on any atom is -0.497 e. The number of anilines is 1. The lowest BCUT2D eigenvalue weighted by Gasteiger charge is -2.40. The predicted octanol–water partition coefficient (Wildman–Crippen LogP) is 5.19. The number of hydrogen-bond acceptors (Lipinski definition) is 4. The van der Waals surface area contributed by atoms with E-state index in [1.165, 1.54) is 5.56 Å². The van der Waals surface area contributed by atoms with E-state index in [4.69, 9.17) is 14.2 Å². The Kier molecular flexibility index (Phi) is 6.40. The molecule has 0 saturated carbocycles. The number of methoxy groups -OCH3 is 3. The molecule has 1 fully saturated rings. The molecule has 1 aliphatic heterocycles. The number of allylic oxidation sites excluding steroid dienone is 1. The molecular formula is C25H30FNO3. The normalized spacial score (nSPS) is 18.9. The van der Waals surface area contributed by atoms with Crippen LogP contribution in [0.3, 0.4) is 0 Å². The molecule has 4 rings (SSSR count). The molecule has 2 aromatic rings. The molecule has 0 radical (unpaired) electrons.